The van der Waals surface area contributed by atoms with Crippen LogP contribution < -0.4 is 5.73 Å². The zero-order valence-electron chi connectivity index (χ0n) is 11.8. The smallest absolute Gasteiger partial charge is 0.202 e. The summed E-state index contributed by atoms with van der Waals surface area (Å²) in [7, 11) is 0. The molecule has 0 aliphatic heterocycles. The third-order valence-electron chi connectivity index (χ3n) is 4.62. The van der Waals surface area contributed by atoms with Gasteiger partial charge in [-0.25, -0.2) is 4.98 Å². The summed E-state index contributed by atoms with van der Waals surface area (Å²) in [5.41, 5.74) is 9.08. The van der Waals surface area contributed by atoms with E-state index in [9.17, 15) is 0 Å². The Hall–Kier alpha value is -1.35. The molecule has 0 amide bonds. The monoisotopic (exact) mass is 258 g/mol. The molecule has 1 aliphatic rings. The van der Waals surface area contributed by atoms with Crippen molar-refractivity contribution in [2.45, 2.75) is 44.9 Å². The Kier molecular flexibility index (Phi) is 3.09. The van der Waals surface area contributed by atoms with Crippen LogP contribution in [0.5, 0.6) is 0 Å². The Bertz CT molecular complexity index is 579. The van der Waals surface area contributed by atoms with Gasteiger partial charge < -0.3 is 10.2 Å². The first-order valence-electron chi connectivity index (χ1n) is 7.21. The average molecular weight is 258 g/mol. The van der Waals surface area contributed by atoms with Crippen LogP contribution in [0.3, 0.4) is 0 Å². The van der Waals surface area contributed by atoms with Gasteiger partial charge in [0.05, 0.1) is 5.41 Å². The van der Waals surface area contributed by atoms with E-state index in [1.165, 1.54) is 18.4 Å². The number of hydrogen-bond donors (Lipinski definition) is 1. The molecule has 3 nitrogen and oxygen atoms in total. The lowest BCUT2D eigenvalue weighted by atomic mass is 9.71. The molecule has 1 fully saturated rings. The summed E-state index contributed by atoms with van der Waals surface area (Å²) in [5, 5.41) is 0. The van der Waals surface area contributed by atoms with Crippen molar-refractivity contribution in [3.63, 3.8) is 0 Å². The van der Waals surface area contributed by atoms with Crippen molar-refractivity contribution in [1.29, 1.82) is 0 Å². The molecular formula is C16H22N2O. The van der Waals surface area contributed by atoms with Crippen molar-refractivity contribution in [3.05, 3.63) is 29.7 Å². The van der Waals surface area contributed by atoms with Crippen LogP contribution in [-0.2, 0) is 5.41 Å². The average Bonchev–Trinajstić information content (AvgIpc) is 2.83. The van der Waals surface area contributed by atoms with Gasteiger partial charge in [-0.15, -0.1) is 0 Å². The summed E-state index contributed by atoms with van der Waals surface area (Å²) in [4.78, 5) is 4.72. The summed E-state index contributed by atoms with van der Waals surface area (Å²) < 4.78 is 6.00. The fourth-order valence-corrected chi connectivity index (χ4v) is 3.08. The summed E-state index contributed by atoms with van der Waals surface area (Å²) in [5.74, 6) is 1.65. The fourth-order valence-electron chi connectivity index (χ4n) is 3.08. The van der Waals surface area contributed by atoms with E-state index in [1.807, 2.05) is 6.07 Å². The Morgan fingerprint density at radius 3 is 2.79 bits per heavy atom. The molecule has 0 saturated heterocycles. The lowest BCUT2D eigenvalue weighted by Crippen LogP contribution is -2.38. The first-order valence-corrected chi connectivity index (χ1v) is 7.21. The number of nitrogens with two attached hydrogens (primary N) is 1. The van der Waals surface area contributed by atoms with E-state index in [-0.39, 0.29) is 5.41 Å². The van der Waals surface area contributed by atoms with Crippen molar-refractivity contribution < 1.29 is 4.42 Å². The van der Waals surface area contributed by atoms with Crippen LogP contribution >= 0.6 is 0 Å². The van der Waals surface area contributed by atoms with Gasteiger partial charge in [0.15, 0.2) is 5.58 Å². The lowest BCUT2D eigenvalue weighted by Gasteiger charge is -2.35. The van der Waals surface area contributed by atoms with Crippen molar-refractivity contribution in [1.82, 2.24) is 4.98 Å². The maximum atomic E-state index is 6.07. The van der Waals surface area contributed by atoms with E-state index in [0.717, 1.165) is 35.7 Å². The molecule has 3 rings (SSSR count). The normalized spacial score (nSPS) is 27.8. The molecule has 0 bridgehead atoms. The highest BCUT2D eigenvalue weighted by Crippen LogP contribution is 2.41. The second-order valence-corrected chi connectivity index (χ2v) is 6.16. The van der Waals surface area contributed by atoms with Crippen LogP contribution in [0.2, 0.25) is 0 Å². The number of fused-ring (bicyclic) bond motifs is 1. The van der Waals surface area contributed by atoms with E-state index in [1.54, 1.807) is 0 Å². The Morgan fingerprint density at radius 1 is 1.37 bits per heavy atom. The second kappa shape index (κ2) is 4.64. The third-order valence-corrected chi connectivity index (χ3v) is 4.62. The van der Waals surface area contributed by atoms with Crippen molar-refractivity contribution in [3.8, 4) is 0 Å². The van der Waals surface area contributed by atoms with Gasteiger partial charge in [0.1, 0.15) is 5.52 Å². The molecule has 1 aromatic heterocycles. The van der Waals surface area contributed by atoms with Gasteiger partial charge in [-0.05, 0) is 56.2 Å². The number of oxazole rings is 1. The number of benzene rings is 1. The van der Waals surface area contributed by atoms with Crippen LogP contribution in [0.25, 0.3) is 11.1 Å². The van der Waals surface area contributed by atoms with E-state index in [4.69, 9.17) is 15.1 Å². The van der Waals surface area contributed by atoms with Crippen molar-refractivity contribution >= 4 is 11.1 Å². The molecule has 0 atom stereocenters. The van der Waals surface area contributed by atoms with Crippen molar-refractivity contribution in [2.75, 3.05) is 6.54 Å². The number of aromatic nitrogens is 1. The summed E-state index contributed by atoms with van der Waals surface area (Å²) in [6, 6.07) is 6.16. The molecule has 19 heavy (non-hydrogen) atoms. The maximum Gasteiger partial charge on any atom is 0.202 e. The molecule has 1 heterocycles. The minimum Gasteiger partial charge on any atom is -0.440 e. The molecule has 0 radical (unpaired) electrons. The Morgan fingerprint density at radius 2 is 2.11 bits per heavy atom. The zero-order chi connectivity index (χ0) is 13.5. The van der Waals surface area contributed by atoms with Gasteiger partial charge in [0, 0.05) is 6.54 Å². The van der Waals surface area contributed by atoms with Crippen LogP contribution in [0.15, 0.2) is 22.6 Å². The van der Waals surface area contributed by atoms with Gasteiger partial charge >= 0.3 is 0 Å². The van der Waals surface area contributed by atoms with Crippen LogP contribution in [0.4, 0.5) is 0 Å². The standard InChI is InChI=1S/C16H22N2O/c1-11-5-7-16(10-17,8-6-11)15-18-13-9-12(2)3-4-14(13)19-15/h3-4,9,11H,5-8,10,17H2,1-2H3. The summed E-state index contributed by atoms with van der Waals surface area (Å²) in [6.45, 7) is 5.02. The second-order valence-electron chi connectivity index (χ2n) is 6.16. The predicted molar refractivity (Wildman–Crippen MR) is 77.1 cm³/mol. The number of nitrogens with zero attached hydrogens (tertiary/aromatic N) is 1. The van der Waals surface area contributed by atoms with Crippen LogP contribution in [0.1, 0.15) is 44.1 Å². The first kappa shape index (κ1) is 12.7. The zero-order valence-corrected chi connectivity index (χ0v) is 11.8. The molecule has 102 valence electrons. The highest BCUT2D eigenvalue weighted by atomic mass is 16.3. The Labute approximate surface area is 114 Å². The SMILES string of the molecule is Cc1ccc2oc(C3(CN)CCC(C)CC3)nc2c1. The third kappa shape index (κ3) is 2.16. The fraction of sp³-hybridized carbons (Fsp3) is 0.562. The minimum atomic E-state index is -0.0422. The van der Waals surface area contributed by atoms with Crippen LogP contribution in [0, 0.1) is 12.8 Å². The maximum absolute atomic E-state index is 6.07. The molecule has 2 aromatic rings. The lowest BCUT2D eigenvalue weighted by molar-refractivity contribution is 0.210. The molecule has 2 N–H and O–H groups in total. The molecule has 0 spiro atoms. The molecular weight excluding hydrogens is 236 g/mol. The molecule has 1 aliphatic carbocycles. The van der Waals surface area contributed by atoms with E-state index in [2.05, 4.69) is 26.0 Å². The molecule has 1 saturated carbocycles. The molecule has 3 heteroatoms. The van der Waals surface area contributed by atoms with E-state index >= 15 is 0 Å². The molecule has 0 unspecified atom stereocenters. The predicted octanol–water partition coefficient (Wildman–Crippen LogP) is 3.54. The summed E-state index contributed by atoms with van der Waals surface area (Å²) in [6.07, 6.45) is 4.62. The van der Waals surface area contributed by atoms with Gasteiger partial charge in [-0.3, -0.25) is 0 Å². The first-order chi connectivity index (χ1) is 9.13. The summed E-state index contributed by atoms with van der Waals surface area (Å²) >= 11 is 0. The topological polar surface area (TPSA) is 52.0 Å². The van der Waals surface area contributed by atoms with Gasteiger partial charge in [0.2, 0.25) is 5.89 Å². The van der Waals surface area contributed by atoms with Gasteiger partial charge in [-0.1, -0.05) is 13.0 Å². The Balaban J connectivity index is 2.01. The van der Waals surface area contributed by atoms with E-state index in [0.29, 0.717) is 6.54 Å². The number of aryl methyl sites for hydroxylation is 1. The number of rotatable bonds is 2. The highest BCUT2D eigenvalue weighted by molar-refractivity contribution is 5.73. The van der Waals surface area contributed by atoms with Crippen LogP contribution in [-0.4, -0.2) is 11.5 Å². The largest absolute Gasteiger partial charge is 0.440 e. The highest BCUT2D eigenvalue weighted by Gasteiger charge is 2.39. The van der Waals surface area contributed by atoms with Crippen molar-refractivity contribution in [2.24, 2.45) is 11.7 Å². The minimum absolute atomic E-state index is 0.0422. The molecule has 1 aromatic carbocycles. The quantitative estimate of drug-likeness (QED) is 0.896. The number of hydrogen-bond acceptors (Lipinski definition) is 3. The van der Waals surface area contributed by atoms with E-state index < -0.39 is 0 Å². The van der Waals surface area contributed by atoms with Gasteiger partial charge in [0.25, 0.3) is 0 Å². The van der Waals surface area contributed by atoms with Gasteiger partial charge in [-0.2, -0.15) is 0 Å².